The summed E-state index contributed by atoms with van der Waals surface area (Å²) >= 11 is 0. The highest BCUT2D eigenvalue weighted by Gasteiger charge is 2.21. The van der Waals surface area contributed by atoms with E-state index < -0.39 is 32.5 Å². The van der Waals surface area contributed by atoms with E-state index in [2.05, 4.69) is 62.5 Å². The number of phosphoric acid groups is 1. The van der Waals surface area contributed by atoms with Gasteiger partial charge in [0.1, 0.15) is 19.8 Å². The molecule has 0 bridgehead atoms. The number of ether oxygens (including phenoxy) is 2. The normalized spacial score (nSPS) is 14.2. The van der Waals surface area contributed by atoms with Gasteiger partial charge in [-0.3, -0.25) is 14.2 Å². The third-order valence-corrected chi connectivity index (χ3v) is 9.30. The molecule has 0 amide bonds. The molecule has 0 saturated carbocycles. The van der Waals surface area contributed by atoms with Crippen molar-refractivity contribution in [2.45, 2.75) is 161 Å². The summed E-state index contributed by atoms with van der Waals surface area (Å²) in [5.74, 6) is -0.862. The summed E-state index contributed by atoms with van der Waals surface area (Å²) in [4.78, 5) is 37.4. The number of likely N-dealkylation sites (N-methyl/N-ethyl adjacent to an activating group) is 1. The van der Waals surface area contributed by atoms with Crippen molar-refractivity contribution in [3.63, 3.8) is 0 Å². The Morgan fingerprint density at radius 1 is 0.615 bits per heavy atom. The largest absolute Gasteiger partial charge is 0.756 e. The van der Waals surface area contributed by atoms with Crippen molar-refractivity contribution in [1.82, 2.24) is 0 Å². The second-order valence-electron chi connectivity index (χ2n) is 14.6. The Labute approximate surface area is 318 Å². The van der Waals surface area contributed by atoms with Crippen LogP contribution in [0.1, 0.15) is 155 Å². The van der Waals surface area contributed by atoms with Gasteiger partial charge in [-0.05, 0) is 64.2 Å². The molecule has 0 aliphatic rings. The van der Waals surface area contributed by atoms with Gasteiger partial charge in [-0.15, -0.1) is 0 Å². The van der Waals surface area contributed by atoms with Gasteiger partial charge in [-0.1, -0.05) is 127 Å². The fourth-order valence-electron chi connectivity index (χ4n) is 5.12. The number of rotatable bonds is 36. The molecule has 0 radical (unpaired) electrons. The smallest absolute Gasteiger partial charge is 0.306 e. The van der Waals surface area contributed by atoms with Gasteiger partial charge in [0.25, 0.3) is 7.82 Å². The maximum absolute atomic E-state index is 12.6. The van der Waals surface area contributed by atoms with Crippen LogP contribution in [-0.4, -0.2) is 70.0 Å². The molecule has 0 fully saturated rings. The molecule has 0 N–H and O–H groups in total. The minimum absolute atomic E-state index is 0.0358. The monoisotopic (exact) mass is 754 g/mol. The van der Waals surface area contributed by atoms with Crippen molar-refractivity contribution in [2.75, 3.05) is 47.5 Å². The molecular weight excluding hydrogens is 677 g/mol. The first kappa shape index (κ1) is 50.0. The topological polar surface area (TPSA) is 111 Å². The van der Waals surface area contributed by atoms with E-state index in [1.165, 1.54) is 32.1 Å². The number of hydrogen-bond acceptors (Lipinski definition) is 8. The lowest BCUT2D eigenvalue weighted by Gasteiger charge is -2.28. The molecule has 0 aliphatic heterocycles. The molecule has 52 heavy (non-hydrogen) atoms. The number of unbranched alkanes of at least 4 members (excludes halogenated alkanes) is 14. The van der Waals surface area contributed by atoms with Crippen molar-refractivity contribution >= 4 is 19.8 Å². The first-order valence-electron chi connectivity index (χ1n) is 20.3. The third kappa shape index (κ3) is 37.7. The number of esters is 2. The quantitative estimate of drug-likeness (QED) is 0.0204. The summed E-state index contributed by atoms with van der Waals surface area (Å²) in [6.45, 7) is 4.03. The molecule has 0 aliphatic carbocycles. The Balaban J connectivity index is 4.42. The average molecular weight is 754 g/mol. The average Bonchev–Trinajstić information content (AvgIpc) is 3.09. The number of carbonyl (C=O) groups is 2. The molecule has 0 rings (SSSR count). The lowest BCUT2D eigenvalue weighted by atomic mass is 10.1. The molecule has 302 valence electrons. The van der Waals surface area contributed by atoms with Gasteiger partial charge < -0.3 is 27.9 Å². The van der Waals surface area contributed by atoms with Gasteiger partial charge in [0.15, 0.2) is 6.10 Å². The summed E-state index contributed by atoms with van der Waals surface area (Å²) in [7, 11) is 1.15. The van der Waals surface area contributed by atoms with Gasteiger partial charge in [0, 0.05) is 12.8 Å². The number of carbonyl (C=O) groups excluding carboxylic acids is 2. The van der Waals surface area contributed by atoms with Gasteiger partial charge >= 0.3 is 11.9 Å². The molecule has 0 aromatic rings. The van der Waals surface area contributed by atoms with Crippen LogP contribution in [0, 0.1) is 0 Å². The van der Waals surface area contributed by atoms with Crippen molar-refractivity contribution in [3.05, 3.63) is 48.6 Å². The summed E-state index contributed by atoms with van der Waals surface area (Å²) in [6.07, 6.45) is 38.5. The number of nitrogens with zero attached hydrogens (tertiary/aromatic N) is 1. The molecule has 2 atom stereocenters. The second kappa shape index (κ2) is 34.7. The van der Waals surface area contributed by atoms with E-state index in [9.17, 15) is 19.0 Å². The second-order valence-corrected chi connectivity index (χ2v) is 16.0. The number of allylic oxidation sites excluding steroid dienone is 8. The van der Waals surface area contributed by atoms with Crippen LogP contribution >= 0.6 is 7.82 Å². The van der Waals surface area contributed by atoms with E-state index in [4.69, 9.17) is 18.5 Å². The van der Waals surface area contributed by atoms with Crippen LogP contribution in [-0.2, 0) is 32.7 Å². The Kier molecular flexibility index (Phi) is 33.4. The number of phosphoric ester groups is 1. The highest BCUT2D eigenvalue weighted by molar-refractivity contribution is 7.45. The SMILES string of the molecule is CC/C=C\C/C=C\C/C=C\CCCCCCCCCC(=O)OC(COC(=O)CCCCCCC/C=C\CCCC)COP(=O)([O-])OCC[N+](C)(C)C. The Hall–Kier alpha value is -2.03. The first-order valence-corrected chi connectivity index (χ1v) is 21.8. The standard InChI is InChI=1S/C42H76NO8P/c1-6-8-10-12-14-16-18-19-20-21-22-23-25-27-29-31-33-35-42(45)51-40(39-50-52(46,47)49-37-36-43(3,4)5)38-48-41(44)34-32-30-28-26-24-17-15-13-11-9-7-2/h8,10,13-16,19-20,40H,6-7,9,11-12,17-18,21-39H2,1-5H3/b10-8-,15-13-,16-14-,20-19-. The zero-order chi connectivity index (χ0) is 38.6. The maximum atomic E-state index is 12.6. The molecule has 10 heteroatoms. The van der Waals surface area contributed by atoms with E-state index in [0.29, 0.717) is 23.9 Å². The summed E-state index contributed by atoms with van der Waals surface area (Å²) in [6, 6.07) is 0. The van der Waals surface area contributed by atoms with E-state index >= 15 is 0 Å². The zero-order valence-electron chi connectivity index (χ0n) is 33.7. The molecule has 2 unspecified atom stereocenters. The van der Waals surface area contributed by atoms with E-state index in [-0.39, 0.29) is 26.1 Å². The van der Waals surface area contributed by atoms with Crippen LogP contribution in [0.5, 0.6) is 0 Å². The first-order chi connectivity index (χ1) is 25.0. The molecule has 0 saturated heterocycles. The highest BCUT2D eigenvalue weighted by Crippen LogP contribution is 2.38. The van der Waals surface area contributed by atoms with Crippen LogP contribution in [0.25, 0.3) is 0 Å². The molecule has 0 aromatic heterocycles. The van der Waals surface area contributed by atoms with Crippen LogP contribution in [0.4, 0.5) is 0 Å². The summed E-state index contributed by atoms with van der Waals surface area (Å²) in [5.41, 5.74) is 0. The lowest BCUT2D eigenvalue weighted by Crippen LogP contribution is -2.37. The van der Waals surface area contributed by atoms with Crippen molar-refractivity contribution < 1.29 is 42.1 Å². The fourth-order valence-corrected chi connectivity index (χ4v) is 5.85. The third-order valence-electron chi connectivity index (χ3n) is 8.33. The van der Waals surface area contributed by atoms with Crippen LogP contribution in [0.3, 0.4) is 0 Å². The van der Waals surface area contributed by atoms with Crippen LogP contribution < -0.4 is 4.89 Å². The molecule has 9 nitrogen and oxygen atoms in total. The molecule has 0 spiro atoms. The predicted molar refractivity (Wildman–Crippen MR) is 213 cm³/mol. The zero-order valence-corrected chi connectivity index (χ0v) is 34.6. The lowest BCUT2D eigenvalue weighted by molar-refractivity contribution is -0.870. The van der Waals surface area contributed by atoms with Crippen LogP contribution in [0.2, 0.25) is 0 Å². The Bertz CT molecular complexity index is 1030. The fraction of sp³-hybridized carbons (Fsp3) is 0.762. The Morgan fingerprint density at radius 2 is 1.10 bits per heavy atom. The summed E-state index contributed by atoms with van der Waals surface area (Å²) in [5, 5.41) is 0. The molecule has 0 heterocycles. The van der Waals surface area contributed by atoms with Gasteiger partial charge in [0.05, 0.1) is 27.7 Å². The molecular formula is C42H76NO8P. The van der Waals surface area contributed by atoms with E-state index in [1.807, 2.05) is 21.1 Å². The minimum Gasteiger partial charge on any atom is -0.756 e. The maximum Gasteiger partial charge on any atom is 0.306 e. The van der Waals surface area contributed by atoms with Gasteiger partial charge in [-0.25, -0.2) is 0 Å². The van der Waals surface area contributed by atoms with Crippen molar-refractivity contribution in [2.24, 2.45) is 0 Å². The highest BCUT2D eigenvalue weighted by atomic mass is 31.2. The van der Waals surface area contributed by atoms with E-state index in [1.54, 1.807) is 0 Å². The van der Waals surface area contributed by atoms with Gasteiger partial charge in [0.2, 0.25) is 0 Å². The van der Waals surface area contributed by atoms with E-state index in [0.717, 1.165) is 83.5 Å². The van der Waals surface area contributed by atoms with Gasteiger partial charge in [-0.2, -0.15) is 0 Å². The summed E-state index contributed by atoms with van der Waals surface area (Å²) < 4.78 is 33.8. The Morgan fingerprint density at radius 3 is 1.65 bits per heavy atom. The predicted octanol–water partition coefficient (Wildman–Crippen LogP) is 10.5. The van der Waals surface area contributed by atoms with Crippen molar-refractivity contribution in [1.29, 1.82) is 0 Å². The van der Waals surface area contributed by atoms with Crippen LogP contribution in [0.15, 0.2) is 48.6 Å². The molecule has 0 aromatic carbocycles. The number of quaternary nitrogens is 1. The number of hydrogen-bond donors (Lipinski definition) is 0. The van der Waals surface area contributed by atoms with Crippen molar-refractivity contribution in [3.8, 4) is 0 Å². The minimum atomic E-state index is -4.62.